The summed E-state index contributed by atoms with van der Waals surface area (Å²) in [5.74, 6) is 0.316. The van der Waals surface area contributed by atoms with Gasteiger partial charge in [-0.15, -0.1) is 0 Å². The van der Waals surface area contributed by atoms with Crippen LogP contribution in [0.1, 0.15) is 36.0 Å². The molecule has 144 valence electrons. The van der Waals surface area contributed by atoms with E-state index < -0.39 is 41.2 Å². The number of nitriles is 1. The maximum Gasteiger partial charge on any atom is 0.170 e. The summed E-state index contributed by atoms with van der Waals surface area (Å²) in [7, 11) is -9.97. The number of nitrogens with zero attached hydrogens (tertiary/aromatic N) is 1. The largest absolute Gasteiger partial charge is 0.496 e. The molecule has 0 saturated heterocycles. The average Bonchev–Trinajstić information content (AvgIpc) is 2.73. The van der Waals surface area contributed by atoms with Gasteiger partial charge in [0.25, 0.3) is 0 Å². The van der Waals surface area contributed by atoms with E-state index in [0.717, 1.165) is 0 Å². The first kappa shape index (κ1) is 11.0. The average molecular weight is 399 g/mol. The van der Waals surface area contributed by atoms with Gasteiger partial charge in [-0.05, 0) is 66.9 Å². The van der Waals surface area contributed by atoms with Crippen LogP contribution in [0.15, 0.2) is 41.8 Å². The van der Waals surface area contributed by atoms with E-state index in [9.17, 15) is 8.42 Å². The summed E-state index contributed by atoms with van der Waals surface area (Å²) in [6.07, 6.45) is -3.39. The van der Waals surface area contributed by atoms with E-state index in [0.29, 0.717) is 16.7 Å². The van der Waals surface area contributed by atoms with Crippen LogP contribution in [0, 0.1) is 25.2 Å². The summed E-state index contributed by atoms with van der Waals surface area (Å²) in [5, 5.41) is 7.36. The van der Waals surface area contributed by atoms with Crippen molar-refractivity contribution in [1.29, 1.82) is 5.26 Å². The molecule has 0 amide bonds. The van der Waals surface area contributed by atoms with Crippen molar-refractivity contribution in [1.82, 2.24) is 0 Å². The van der Waals surface area contributed by atoms with Crippen LogP contribution in [0.25, 0.3) is 5.70 Å². The number of benzene rings is 2. The van der Waals surface area contributed by atoms with Gasteiger partial charge in [-0.2, -0.15) is 5.26 Å². The molecule has 0 aliphatic heterocycles. The van der Waals surface area contributed by atoms with Gasteiger partial charge in [-0.3, -0.25) is 0 Å². The Morgan fingerprint density at radius 2 is 1.74 bits per heavy atom. The summed E-state index contributed by atoms with van der Waals surface area (Å²) < 4.78 is 103. The van der Waals surface area contributed by atoms with E-state index in [4.69, 9.17) is 34.2 Å². The first-order valence-electron chi connectivity index (χ1n) is 12.3. The third kappa shape index (κ3) is 7.04. The molecule has 2 N–H and O–H groups in total. The van der Waals surface area contributed by atoms with E-state index in [2.05, 4.69) is 0 Å². The predicted molar refractivity (Wildman–Crippen MR) is 107 cm³/mol. The van der Waals surface area contributed by atoms with Crippen LogP contribution >= 0.6 is 0 Å². The fourth-order valence-electron chi connectivity index (χ4n) is 1.97. The third-order valence-electron chi connectivity index (χ3n) is 3.25. The van der Waals surface area contributed by atoms with Crippen molar-refractivity contribution >= 4 is 15.5 Å². The Morgan fingerprint density at radius 1 is 1.15 bits per heavy atom. The van der Waals surface area contributed by atoms with Gasteiger partial charge in [0, 0.05) is 10.3 Å². The van der Waals surface area contributed by atoms with Gasteiger partial charge in [0.2, 0.25) is 0 Å². The zero-order valence-electron chi connectivity index (χ0n) is 24.5. The number of hydrogen-bond acceptors (Lipinski definition) is 6. The quantitative estimate of drug-likeness (QED) is 0.848. The smallest absolute Gasteiger partial charge is 0.170 e. The molecule has 2 rings (SSSR count). The molecule has 0 heterocycles. The molecule has 0 aliphatic rings. The van der Waals surface area contributed by atoms with Crippen molar-refractivity contribution in [2.24, 2.45) is 5.73 Å². The molecular formula is C20H24N2O4S. The monoisotopic (exact) mass is 398 g/mol. The van der Waals surface area contributed by atoms with Crippen LogP contribution in [0.4, 0.5) is 0 Å². The Balaban J connectivity index is 0.000000417. The van der Waals surface area contributed by atoms with Crippen LogP contribution in [-0.2, 0) is 9.84 Å². The lowest BCUT2D eigenvalue weighted by Gasteiger charge is -2.07. The molecule has 0 atom stereocenters. The number of hydrogen-bond donors (Lipinski definition) is 1. The molecule has 7 heteroatoms. The van der Waals surface area contributed by atoms with Crippen LogP contribution < -0.4 is 15.2 Å². The van der Waals surface area contributed by atoms with Crippen LogP contribution in [-0.4, -0.2) is 28.7 Å². The molecule has 6 nitrogen and oxygen atoms in total. The maximum absolute atomic E-state index is 11.7. The highest BCUT2D eigenvalue weighted by molar-refractivity contribution is 7.93. The van der Waals surface area contributed by atoms with Crippen LogP contribution in [0.3, 0.4) is 0 Å². The van der Waals surface area contributed by atoms with Gasteiger partial charge in [0.15, 0.2) is 9.84 Å². The Morgan fingerprint density at radius 3 is 2.22 bits per heavy atom. The lowest BCUT2D eigenvalue weighted by molar-refractivity contribution is 0.411. The molecule has 0 aliphatic carbocycles. The first-order chi connectivity index (χ1) is 16.6. The molecule has 0 fully saturated rings. The highest BCUT2D eigenvalue weighted by Gasteiger charge is 2.05. The van der Waals surface area contributed by atoms with E-state index >= 15 is 0 Å². The van der Waals surface area contributed by atoms with Gasteiger partial charge >= 0.3 is 0 Å². The maximum atomic E-state index is 11.7. The Kier molecular flexibility index (Phi) is 3.93. The Labute approximate surface area is 174 Å². The minimum absolute atomic E-state index is 0.0340. The van der Waals surface area contributed by atoms with Crippen LogP contribution in [0.5, 0.6) is 11.5 Å². The summed E-state index contributed by atoms with van der Waals surface area (Å²) >= 11 is 0. The second-order valence-corrected chi connectivity index (χ2v) is 6.51. The number of rotatable bonds is 4. The molecular weight excluding hydrogens is 364 g/mol. The number of nitrogens with two attached hydrogens (primary N) is 1. The molecule has 0 aromatic heterocycles. The highest BCUT2D eigenvalue weighted by atomic mass is 32.2. The predicted octanol–water partition coefficient (Wildman–Crippen LogP) is 3.18. The molecule has 0 saturated carbocycles. The highest BCUT2D eigenvalue weighted by Crippen LogP contribution is 2.21. The molecule has 0 radical (unpaired) electrons. The summed E-state index contributed by atoms with van der Waals surface area (Å²) in [4.78, 5) is 0. The fraction of sp³-hybridized carbons (Fsp3) is 0.250. The lowest BCUT2D eigenvalue weighted by Crippen LogP contribution is -2.01. The number of sulfone groups is 1. The molecule has 0 spiro atoms. The van der Waals surface area contributed by atoms with E-state index in [1.807, 2.05) is 6.07 Å². The van der Waals surface area contributed by atoms with Crippen LogP contribution in [0.2, 0.25) is 0 Å². The minimum Gasteiger partial charge on any atom is -0.496 e. The van der Waals surface area contributed by atoms with E-state index in [-0.39, 0.29) is 17.1 Å². The summed E-state index contributed by atoms with van der Waals surface area (Å²) in [6, 6.07) is 10.4. The summed E-state index contributed by atoms with van der Waals surface area (Å²) in [5.41, 5.74) is 6.55. The second kappa shape index (κ2) is 9.64. The Bertz CT molecular complexity index is 1310. The van der Waals surface area contributed by atoms with E-state index in [1.54, 1.807) is 13.0 Å². The zero-order valence-corrected chi connectivity index (χ0v) is 15.3. The SMILES string of the molecule is [2H]/C(=C(/N)c1ccc(OC([2H])([2H])[2H])c(C)c1)S(=O)(=O)C([2H])([2H])[2H].[2H]C([2H])([2H])Oc1ccc(C#N)cc1C. The third-order valence-corrected chi connectivity index (χ3v) is 3.74. The molecule has 2 aromatic carbocycles. The van der Waals surface area contributed by atoms with Gasteiger partial charge in [-0.25, -0.2) is 8.42 Å². The normalized spacial score (nSPS) is 18.3. The van der Waals surface area contributed by atoms with Crippen molar-refractivity contribution in [3.8, 4) is 17.6 Å². The number of aryl methyl sites for hydroxylation is 2. The molecule has 27 heavy (non-hydrogen) atoms. The molecule has 0 bridgehead atoms. The van der Waals surface area contributed by atoms with Crippen molar-refractivity contribution < 1.29 is 31.6 Å². The zero-order chi connectivity index (χ0) is 29.0. The number of methoxy groups -OCH3 is 2. The van der Waals surface area contributed by atoms with Crippen molar-refractivity contribution in [2.75, 3.05) is 20.3 Å². The first-order valence-corrected chi connectivity index (χ1v) is 8.78. The van der Waals surface area contributed by atoms with Gasteiger partial charge in [-0.1, -0.05) is 0 Å². The van der Waals surface area contributed by atoms with Crippen molar-refractivity contribution in [3.63, 3.8) is 0 Å². The van der Waals surface area contributed by atoms with Crippen molar-refractivity contribution in [3.05, 3.63) is 64.0 Å². The molecule has 0 unspecified atom stereocenters. The number of ether oxygens (including phenoxy) is 2. The van der Waals surface area contributed by atoms with Gasteiger partial charge < -0.3 is 15.2 Å². The standard InChI is InChI=1S/C11H15NO3S.C9H9NO/c1-8-6-9(4-5-11(8)15-2)10(12)7-16(3,13)14;1-7-5-8(6-10)3-4-9(7)11-2/h4-7H,12H2,1-3H3;3-5H,1-2H3/b10-7-;/i2D3,3D3,7D;2D3. The minimum atomic E-state index is -4.88. The fourth-order valence-corrected chi connectivity index (χ4v) is 2.38. The lowest BCUT2D eigenvalue weighted by atomic mass is 10.1. The summed E-state index contributed by atoms with van der Waals surface area (Å²) in [6.45, 7) is 3.20. The second-order valence-electron chi connectivity index (χ2n) is 5.30. The molecule has 2 aromatic rings. The van der Waals surface area contributed by atoms with E-state index in [1.165, 1.54) is 37.3 Å². The topological polar surface area (TPSA) is 102 Å². The van der Waals surface area contributed by atoms with Gasteiger partial charge in [0.05, 0.1) is 46.4 Å². The van der Waals surface area contributed by atoms with Gasteiger partial charge in [0.1, 0.15) is 11.5 Å². The Hall–Kier alpha value is -2.98. The van der Waals surface area contributed by atoms with Crippen molar-refractivity contribution in [2.45, 2.75) is 13.8 Å².